The van der Waals surface area contributed by atoms with Gasteiger partial charge in [0, 0.05) is 41.9 Å². The summed E-state index contributed by atoms with van der Waals surface area (Å²) in [4.78, 5) is 13.4. The number of carbonyl (C=O) groups is 1. The third kappa shape index (κ3) is 3.64. The molecule has 2 aromatic rings. The van der Waals surface area contributed by atoms with Gasteiger partial charge in [-0.3, -0.25) is 4.79 Å². The van der Waals surface area contributed by atoms with Crippen LogP contribution < -0.4 is 10.6 Å². The van der Waals surface area contributed by atoms with Gasteiger partial charge in [-0.05, 0) is 42.7 Å². The van der Waals surface area contributed by atoms with Crippen LogP contribution in [0.4, 0.5) is 10.1 Å². The van der Waals surface area contributed by atoms with Gasteiger partial charge in [-0.1, -0.05) is 41.4 Å². The van der Waals surface area contributed by atoms with Crippen molar-refractivity contribution in [3.8, 4) is 0 Å². The maximum atomic E-state index is 14.8. The number of carbonyl (C=O) groups excluding carboxylic acids is 1. The van der Waals surface area contributed by atoms with Crippen LogP contribution in [0.3, 0.4) is 0 Å². The van der Waals surface area contributed by atoms with E-state index >= 15 is 0 Å². The van der Waals surface area contributed by atoms with Crippen molar-refractivity contribution >= 4 is 34.8 Å². The Bertz CT molecular complexity index is 886. The van der Waals surface area contributed by atoms with E-state index in [2.05, 4.69) is 10.6 Å². The van der Waals surface area contributed by atoms with Crippen molar-refractivity contribution in [1.29, 1.82) is 0 Å². The second-order valence-corrected chi connectivity index (χ2v) is 8.22. The maximum absolute atomic E-state index is 14.8. The van der Waals surface area contributed by atoms with Gasteiger partial charge >= 0.3 is 0 Å². The van der Waals surface area contributed by atoms with Gasteiger partial charge in [-0.25, -0.2) is 4.39 Å². The van der Waals surface area contributed by atoms with E-state index in [4.69, 9.17) is 27.9 Å². The van der Waals surface area contributed by atoms with Gasteiger partial charge in [-0.2, -0.15) is 0 Å². The summed E-state index contributed by atoms with van der Waals surface area (Å²) < 4.78 is 20.3. The first kappa shape index (κ1) is 19.6. The molecular weight excluding hydrogens is 402 g/mol. The average molecular weight is 423 g/mol. The lowest BCUT2D eigenvalue weighted by Crippen LogP contribution is -2.53. The molecule has 2 heterocycles. The Morgan fingerprint density at radius 2 is 1.93 bits per heavy atom. The van der Waals surface area contributed by atoms with Crippen LogP contribution in [0.15, 0.2) is 42.5 Å². The predicted octanol–water partition coefficient (Wildman–Crippen LogP) is 4.62. The summed E-state index contributed by atoms with van der Waals surface area (Å²) in [6, 6.07) is 12.0. The lowest BCUT2D eigenvalue weighted by molar-refractivity contribution is -0.123. The molecule has 2 unspecified atom stereocenters. The minimum absolute atomic E-state index is 0.0689. The molecule has 28 heavy (non-hydrogen) atoms. The fourth-order valence-electron chi connectivity index (χ4n) is 4.47. The first-order chi connectivity index (χ1) is 13.5. The van der Waals surface area contributed by atoms with Crippen molar-refractivity contribution in [3.05, 3.63) is 63.9 Å². The normalized spacial score (nSPS) is 23.7. The zero-order valence-corrected chi connectivity index (χ0v) is 16.7. The van der Waals surface area contributed by atoms with Crippen LogP contribution in [0.25, 0.3) is 0 Å². The molecule has 2 aliphatic heterocycles. The van der Waals surface area contributed by atoms with Crippen LogP contribution in [-0.4, -0.2) is 31.2 Å². The molecule has 2 N–H and O–H groups in total. The van der Waals surface area contributed by atoms with E-state index < -0.39 is 17.3 Å². The van der Waals surface area contributed by atoms with Crippen molar-refractivity contribution in [1.82, 2.24) is 5.32 Å². The Balaban J connectivity index is 1.70. The van der Waals surface area contributed by atoms with Gasteiger partial charge in [0.1, 0.15) is 5.82 Å². The second-order valence-electron chi connectivity index (χ2n) is 7.38. The summed E-state index contributed by atoms with van der Waals surface area (Å²) in [5, 5.41) is 7.10. The molecule has 4 nitrogen and oxygen atoms in total. The molecule has 0 radical (unpaired) electrons. The highest BCUT2D eigenvalue weighted by Crippen LogP contribution is 2.45. The van der Waals surface area contributed by atoms with Crippen molar-refractivity contribution < 1.29 is 13.9 Å². The Labute approximate surface area is 173 Å². The number of benzene rings is 2. The summed E-state index contributed by atoms with van der Waals surface area (Å²) in [7, 11) is 0. The van der Waals surface area contributed by atoms with Crippen molar-refractivity contribution in [3.63, 3.8) is 0 Å². The number of ether oxygens (including phenoxy) is 1. The summed E-state index contributed by atoms with van der Waals surface area (Å²) in [6.07, 6.45) is 1.39. The third-order valence-electron chi connectivity index (χ3n) is 5.81. The van der Waals surface area contributed by atoms with Gasteiger partial charge in [0.2, 0.25) is 5.91 Å². The molecule has 1 spiro atoms. The monoisotopic (exact) mass is 422 g/mol. The molecule has 1 amide bonds. The number of rotatable bonds is 3. The summed E-state index contributed by atoms with van der Waals surface area (Å²) in [5.41, 5.74) is 0.659. The van der Waals surface area contributed by atoms with Crippen LogP contribution >= 0.6 is 23.2 Å². The smallest absolute Gasteiger partial charge is 0.230 e. The first-order valence-electron chi connectivity index (χ1n) is 9.33. The highest BCUT2D eigenvalue weighted by molar-refractivity contribution is 6.31. The number of amides is 1. The van der Waals surface area contributed by atoms with Crippen molar-refractivity contribution in [2.24, 2.45) is 5.92 Å². The molecule has 2 aliphatic rings. The largest absolute Gasteiger partial charge is 0.381 e. The summed E-state index contributed by atoms with van der Waals surface area (Å²) >= 11 is 12.1. The van der Waals surface area contributed by atoms with Crippen LogP contribution in [-0.2, 0) is 9.53 Å². The third-order valence-corrected chi connectivity index (χ3v) is 6.34. The number of hydrogen-bond acceptors (Lipinski definition) is 3. The van der Waals surface area contributed by atoms with Gasteiger partial charge in [0.15, 0.2) is 0 Å². The molecule has 2 atom stereocenters. The molecule has 0 saturated carbocycles. The van der Waals surface area contributed by atoms with E-state index in [0.29, 0.717) is 48.9 Å². The molecule has 7 heteroatoms. The second kappa shape index (κ2) is 7.99. The number of halogens is 3. The van der Waals surface area contributed by atoms with E-state index in [0.717, 1.165) is 0 Å². The Kier molecular flexibility index (Phi) is 5.61. The van der Waals surface area contributed by atoms with Crippen LogP contribution in [0.1, 0.15) is 24.3 Å². The van der Waals surface area contributed by atoms with Gasteiger partial charge in [0.05, 0.1) is 10.9 Å². The van der Waals surface area contributed by atoms with Gasteiger partial charge in [0.25, 0.3) is 0 Å². The van der Waals surface area contributed by atoms with Crippen molar-refractivity contribution in [2.75, 3.05) is 25.1 Å². The molecule has 148 valence electrons. The molecular formula is C21H21Cl2FN2O2. The molecule has 0 bridgehead atoms. The van der Waals surface area contributed by atoms with Gasteiger partial charge < -0.3 is 15.4 Å². The molecule has 4 rings (SSSR count). The minimum atomic E-state index is -0.458. The van der Waals surface area contributed by atoms with Crippen LogP contribution in [0, 0.1) is 11.7 Å². The van der Waals surface area contributed by atoms with E-state index in [1.165, 1.54) is 6.07 Å². The Morgan fingerprint density at radius 1 is 1.18 bits per heavy atom. The number of hydrogen-bond donors (Lipinski definition) is 2. The molecule has 2 saturated heterocycles. The summed E-state index contributed by atoms with van der Waals surface area (Å²) in [6.45, 7) is 1.64. The Morgan fingerprint density at radius 3 is 2.68 bits per heavy atom. The Hall–Kier alpha value is -1.66. The zero-order valence-electron chi connectivity index (χ0n) is 15.2. The molecule has 2 aromatic carbocycles. The SMILES string of the molecule is O=C(Nc1cccc(Cl)c1)C1C(c2cccc(Cl)c2F)CNC12CCOCC2. The number of nitrogens with one attached hydrogen (secondary N) is 2. The zero-order chi connectivity index (χ0) is 19.7. The summed E-state index contributed by atoms with van der Waals surface area (Å²) in [5.74, 6) is -1.39. The molecule has 0 aliphatic carbocycles. The fraction of sp³-hybridized carbons (Fsp3) is 0.381. The highest BCUT2D eigenvalue weighted by Gasteiger charge is 2.53. The number of anilines is 1. The standard InChI is InChI=1S/C21H21Cl2FN2O2/c22-13-3-1-4-14(11-13)26-20(27)18-16(15-5-2-6-17(23)19(15)24)12-25-21(18)7-9-28-10-8-21/h1-6,11,16,18,25H,7-10,12H2,(H,26,27). The molecule has 2 fully saturated rings. The van der Waals surface area contributed by atoms with Gasteiger partial charge in [-0.15, -0.1) is 0 Å². The van der Waals surface area contributed by atoms with Crippen LogP contribution in [0.2, 0.25) is 10.0 Å². The van der Waals surface area contributed by atoms with E-state index in [1.54, 1.807) is 36.4 Å². The lowest BCUT2D eigenvalue weighted by Gasteiger charge is -2.39. The maximum Gasteiger partial charge on any atom is 0.230 e. The quantitative estimate of drug-likeness (QED) is 0.758. The average Bonchev–Trinajstić information content (AvgIpc) is 3.03. The van der Waals surface area contributed by atoms with Crippen LogP contribution in [0.5, 0.6) is 0 Å². The van der Waals surface area contributed by atoms with Crippen molar-refractivity contribution in [2.45, 2.75) is 24.3 Å². The van der Waals surface area contributed by atoms with E-state index in [1.807, 2.05) is 0 Å². The minimum Gasteiger partial charge on any atom is -0.381 e. The van der Waals surface area contributed by atoms with E-state index in [9.17, 15) is 9.18 Å². The lowest BCUT2D eigenvalue weighted by atomic mass is 9.72. The topological polar surface area (TPSA) is 50.4 Å². The fourth-order valence-corrected chi connectivity index (χ4v) is 4.84. The predicted molar refractivity (Wildman–Crippen MR) is 109 cm³/mol. The molecule has 0 aromatic heterocycles. The first-order valence-corrected chi connectivity index (χ1v) is 10.1. The van der Waals surface area contributed by atoms with E-state index in [-0.39, 0.29) is 16.8 Å². The highest BCUT2D eigenvalue weighted by atomic mass is 35.5.